The quantitative estimate of drug-likeness (QED) is 0.904. The number of rotatable bonds is 2. The Kier molecular flexibility index (Phi) is 4.74. The summed E-state index contributed by atoms with van der Waals surface area (Å²) in [5.41, 5.74) is 4.14. The third-order valence-electron chi connectivity index (χ3n) is 5.40. The molecule has 23 heavy (non-hydrogen) atoms. The standard InChI is InChI=1S/C19H28FN3/c1-13-9-17(16-5-7-21-8-6-16)18(20)10-19(13)23-11-14(2)22(4)15(3)12-23/h5,9-10,14-15,21H,6-8,11-12H2,1-4H3. The molecule has 1 aromatic rings. The van der Waals surface area contributed by atoms with Gasteiger partial charge >= 0.3 is 0 Å². The van der Waals surface area contributed by atoms with Gasteiger partial charge in [-0.3, -0.25) is 4.90 Å². The molecule has 2 unspecified atom stereocenters. The molecule has 2 atom stereocenters. The van der Waals surface area contributed by atoms with Crippen molar-refractivity contribution in [3.63, 3.8) is 0 Å². The van der Waals surface area contributed by atoms with Gasteiger partial charge in [0.15, 0.2) is 0 Å². The first-order chi connectivity index (χ1) is 11.0. The van der Waals surface area contributed by atoms with Crippen molar-refractivity contribution < 1.29 is 4.39 Å². The molecule has 4 heteroatoms. The van der Waals surface area contributed by atoms with Gasteiger partial charge in [-0.2, -0.15) is 0 Å². The number of likely N-dealkylation sites (N-methyl/N-ethyl adjacent to an activating group) is 1. The van der Waals surface area contributed by atoms with E-state index in [9.17, 15) is 4.39 Å². The number of hydrogen-bond acceptors (Lipinski definition) is 3. The molecule has 126 valence electrons. The number of halogens is 1. The van der Waals surface area contributed by atoms with E-state index in [1.165, 1.54) is 5.56 Å². The highest BCUT2D eigenvalue weighted by Crippen LogP contribution is 2.31. The highest BCUT2D eigenvalue weighted by atomic mass is 19.1. The minimum atomic E-state index is -0.0852. The maximum absolute atomic E-state index is 14.7. The lowest BCUT2D eigenvalue weighted by atomic mass is 9.96. The molecule has 0 spiro atoms. The van der Waals surface area contributed by atoms with E-state index >= 15 is 0 Å². The maximum atomic E-state index is 14.7. The molecule has 3 nitrogen and oxygen atoms in total. The lowest BCUT2D eigenvalue weighted by Crippen LogP contribution is -2.55. The molecule has 2 aliphatic heterocycles. The van der Waals surface area contributed by atoms with Crippen LogP contribution in [0.4, 0.5) is 10.1 Å². The second-order valence-electron chi connectivity index (χ2n) is 7.07. The first-order valence-electron chi connectivity index (χ1n) is 8.64. The van der Waals surface area contributed by atoms with Crippen molar-refractivity contribution in [3.05, 3.63) is 35.2 Å². The number of anilines is 1. The van der Waals surface area contributed by atoms with Gasteiger partial charge in [-0.15, -0.1) is 0 Å². The fourth-order valence-electron chi connectivity index (χ4n) is 3.73. The fraction of sp³-hybridized carbons (Fsp3) is 0.579. The molecule has 1 saturated heterocycles. The third kappa shape index (κ3) is 3.29. The monoisotopic (exact) mass is 317 g/mol. The highest BCUT2D eigenvalue weighted by molar-refractivity contribution is 5.71. The van der Waals surface area contributed by atoms with Crippen LogP contribution in [0.15, 0.2) is 18.2 Å². The number of benzene rings is 1. The molecular weight excluding hydrogens is 289 g/mol. The number of hydrogen-bond donors (Lipinski definition) is 1. The van der Waals surface area contributed by atoms with Crippen LogP contribution in [0.5, 0.6) is 0 Å². The van der Waals surface area contributed by atoms with E-state index in [1.807, 2.05) is 6.07 Å². The summed E-state index contributed by atoms with van der Waals surface area (Å²) in [6, 6.07) is 4.74. The molecule has 0 radical (unpaired) electrons. The second-order valence-corrected chi connectivity index (χ2v) is 7.07. The van der Waals surface area contributed by atoms with Crippen LogP contribution in [-0.2, 0) is 0 Å². The third-order valence-corrected chi connectivity index (χ3v) is 5.40. The van der Waals surface area contributed by atoms with Crippen LogP contribution >= 0.6 is 0 Å². The SMILES string of the molecule is Cc1cc(C2=CCNCC2)c(F)cc1N1CC(C)N(C)C(C)C1. The van der Waals surface area contributed by atoms with Crippen LogP contribution in [0.1, 0.15) is 31.4 Å². The molecule has 0 saturated carbocycles. The normalized spacial score (nSPS) is 26.3. The smallest absolute Gasteiger partial charge is 0.132 e. The van der Waals surface area contributed by atoms with Gasteiger partial charge in [0.05, 0.1) is 0 Å². The van der Waals surface area contributed by atoms with Crippen molar-refractivity contribution in [3.8, 4) is 0 Å². The van der Waals surface area contributed by atoms with Gasteiger partial charge in [-0.05, 0) is 64.1 Å². The number of nitrogens with zero attached hydrogens (tertiary/aromatic N) is 2. The van der Waals surface area contributed by atoms with Gasteiger partial charge in [0, 0.05) is 43.0 Å². The van der Waals surface area contributed by atoms with Gasteiger partial charge in [0.25, 0.3) is 0 Å². The van der Waals surface area contributed by atoms with Crippen LogP contribution in [0.25, 0.3) is 5.57 Å². The number of nitrogens with one attached hydrogen (secondary N) is 1. The summed E-state index contributed by atoms with van der Waals surface area (Å²) in [5, 5.41) is 3.28. The topological polar surface area (TPSA) is 18.5 Å². The predicted molar refractivity (Wildman–Crippen MR) is 95.5 cm³/mol. The van der Waals surface area contributed by atoms with E-state index in [0.29, 0.717) is 12.1 Å². The molecule has 3 rings (SSSR count). The summed E-state index contributed by atoms with van der Waals surface area (Å²) in [5.74, 6) is -0.0852. The Balaban J connectivity index is 1.89. The largest absolute Gasteiger partial charge is 0.368 e. The Morgan fingerprint density at radius 3 is 2.48 bits per heavy atom. The summed E-state index contributed by atoms with van der Waals surface area (Å²) in [6.45, 7) is 10.3. The Bertz CT molecular complexity index is 599. The summed E-state index contributed by atoms with van der Waals surface area (Å²) in [4.78, 5) is 4.74. The Hall–Kier alpha value is -1.39. The predicted octanol–water partition coefficient (Wildman–Crippen LogP) is 3.04. The molecule has 0 amide bonds. The van der Waals surface area contributed by atoms with Crippen LogP contribution in [0, 0.1) is 12.7 Å². The van der Waals surface area contributed by atoms with Crippen molar-refractivity contribution in [2.45, 2.75) is 39.3 Å². The second kappa shape index (κ2) is 6.62. The first kappa shape index (κ1) is 16.5. The Labute approximate surface area is 139 Å². The average Bonchev–Trinajstić information content (AvgIpc) is 2.54. The summed E-state index contributed by atoms with van der Waals surface area (Å²) in [7, 11) is 2.17. The minimum Gasteiger partial charge on any atom is -0.368 e. The average molecular weight is 317 g/mol. The van der Waals surface area contributed by atoms with Crippen LogP contribution in [0.2, 0.25) is 0 Å². The van der Waals surface area contributed by atoms with Gasteiger partial charge in [-0.1, -0.05) is 6.08 Å². The van der Waals surface area contributed by atoms with Crippen molar-refractivity contribution in [1.29, 1.82) is 0 Å². The molecule has 1 N–H and O–H groups in total. The molecule has 2 heterocycles. The number of aryl methyl sites for hydroxylation is 1. The summed E-state index contributed by atoms with van der Waals surface area (Å²) in [6.07, 6.45) is 3.01. The van der Waals surface area contributed by atoms with Gasteiger partial charge in [0.2, 0.25) is 0 Å². The number of piperazine rings is 1. The lowest BCUT2D eigenvalue weighted by molar-refractivity contribution is 0.170. The van der Waals surface area contributed by atoms with Gasteiger partial charge in [-0.25, -0.2) is 4.39 Å². The zero-order chi connectivity index (χ0) is 16.6. The van der Waals surface area contributed by atoms with E-state index in [4.69, 9.17) is 0 Å². The molecule has 0 bridgehead atoms. The van der Waals surface area contributed by atoms with Crippen molar-refractivity contribution >= 4 is 11.3 Å². The lowest BCUT2D eigenvalue weighted by Gasteiger charge is -2.44. The first-order valence-corrected chi connectivity index (χ1v) is 8.64. The molecule has 0 aromatic heterocycles. The van der Waals surface area contributed by atoms with Crippen molar-refractivity contribution in [2.75, 3.05) is 38.1 Å². The van der Waals surface area contributed by atoms with Crippen LogP contribution in [0.3, 0.4) is 0 Å². The zero-order valence-electron chi connectivity index (χ0n) is 14.7. The Morgan fingerprint density at radius 1 is 1.17 bits per heavy atom. The molecular formula is C19H28FN3. The summed E-state index contributed by atoms with van der Waals surface area (Å²) < 4.78 is 14.7. The van der Waals surface area contributed by atoms with Crippen LogP contribution < -0.4 is 10.2 Å². The van der Waals surface area contributed by atoms with Gasteiger partial charge < -0.3 is 10.2 Å². The fourth-order valence-corrected chi connectivity index (χ4v) is 3.73. The van der Waals surface area contributed by atoms with E-state index in [-0.39, 0.29) is 5.82 Å². The molecule has 0 aliphatic carbocycles. The van der Waals surface area contributed by atoms with Gasteiger partial charge in [0.1, 0.15) is 5.82 Å². The van der Waals surface area contributed by atoms with E-state index < -0.39 is 0 Å². The molecule has 1 aromatic carbocycles. The zero-order valence-corrected chi connectivity index (χ0v) is 14.7. The summed E-state index contributed by atoms with van der Waals surface area (Å²) >= 11 is 0. The van der Waals surface area contributed by atoms with E-state index in [1.54, 1.807) is 6.07 Å². The Morgan fingerprint density at radius 2 is 1.87 bits per heavy atom. The molecule has 2 aliphatic rings. The van der Waals surface area contributed by atoms with Crippen LogP contribution in [-0.4, -0.2) is 50.2 Å². The van der Waals surface area contributed by atoms with Crippen molar-refractivity contribution in [1.82, 2.24) is 10.2 Å². The van der Waals surface area contributed by atoms with Crippen molar-refractivity contribution in [2.24, 2.45) is 0 Å². The molecule has 1 fully saturated rings. The highest BCUT2D eigenvalue weighted by Gasteiger charge is 2.28. The minimum absolute atomic E-state index is 0.0852. The van der Waals surface area contributed by atoms with E-state index in [0.717, 1.165) is 49.4 Å². The van der Waals surface area contributed by atoms with E-state index in [2.05, 4.69) is 49.0 Å². The maximum Gasteiger partial charge on any atom is 0.132 e.